The first-order valence-corrected chi connectivity index (χ1v) is 18.3. The molecule has 8 aromatic carbocycles. The van der Waals surface area contributed by atoms with Crippen LogP contribution < -0.4 is 0 Å². The SMILES string of the molecule is CC1(C)c2cc3ccccc3cc2-c2c(-c3ccc4ccc(-c5cc(-c6ccccc6-c6ccccc6)nc(-c6ccccc6)n5)cc4c3)cccc21. The van der Waals surface area contributed by atoms with Crippen LogP contribution in [-0.4, -0.2) is 9.97 Å². The van der Waals surface area contributed by atoms with Crippen LogP contribution in [0.15, 0.2) is 182 Å². The minimum absolute atomic E-state index is 0.0883. The van der Waals surface area contributed by atoms with Crippen LogP contribution in [0.3, 0.4) is 0 Å². The van der Waals surface area contributed by atoms with Crippen LogP contribution in [0.1, 0.15) is 25.0 Å². The molecule has 0 aliphatic heterocycles. The second-order valence-electron chi connectivity index (χ2n) is 14.6. The zero-order chi connectivity index (χ0) is 35.5. The Bertz CT molecular complexity index is 2850. The third kappa shape index (κ3) is 5.26. The highest BCUT2D eigenvalue weighted by atomic mass is 14.9. The molecule has 1 aromatic heterocycles. The van der Waals surface area contributed by atoms with Crippen LogP contribution >= 0.6 is 0 Å². The van der Waals surface area contributed by atoms with E-state index in [9.17, 15) is 0 Å². The summed E-state index contributed by atoms with van der Waals surface area (Å²) in [7, 11) is 0. The summed E-state index contributed by atoms with van der Waals surface area (Å²) in [6, 6.07) is 65.4. The van der Waals surface area contributed by atoms with Crippen LogP contribution in [0.2, 0.25) is 0 Å². The molecule has 0 fully saturated rings. The summed E-state index contributed by atoms with van der Waals surface area (Å²) in [5.41, 5.74) is 15.1. The minimum atomic E-state index is -0.0883. The smallest absolute Gasteiger partial charge is 0.160 e. The Balaban J connectivity index is 1.13. The molecule has 250 valence electrons. The standard InChI is InChI=1S/C51H36N2/c1-51(2)45-23-13-22-42(49(45)44-30-36-18-9-10-19-37(36)31-46(44)51)38-26-24-33-25-27-39(29-40(33)28-38)47-32-48(53-50(52-47)35-16-7-4-8-17-35)43-21-12-11-20-41(43)34-14-5-3-6-15-34/h3-32H,1-2H3. The summed E-state index contributed by atoms with van der Waals surface area (Å²) in [5.74, 6) is 0.712. The molecular formula is C51H36N2. The normalized spacial score (nSPS) is 12.9. The van der Waals surface area contributed by atoms with Gasteiger partial charge in [0, 0.05) is 22.1 Å². The van der Waals surface area contributed by atoms with E-state index in [-0.39, 0.29) is 5.41 Å². The molecule has 53 heavy (non-hydrogen) atoms. The Hall–Kier alpha value is -6.64. The van der Waals surface area contributed by atoms with Gasteiger partial charge in [0.2, 0.25) is 0 Å². The molecule has 2 nitrogen and oxygen atoms in total. The fourth-order valence-electron chi connectivity index (χ4n) is 8.31. The molecule has 0 atom stereocenters. The average molecular weight is 677 g/mol. The maximum Gasteiger partial charge on any atom is 0.160 e. The maximum absolute atomic E-state index is 5.19. The fraction of sp³-hybridized carbons (Fsp3) is 0.0588. The van der Waals surface area contributed by atoms with Gasteiger partial charge in [0.25, 0.3) is 0 Å². The van der Waals surface area contributed by atoms with Gasteiger partial charge in [-0.25, -0.2) is 9.97 Å². The van der Waals surface area contributed by atoms with Crippen molar-refractivity contribution in [3.63, 3.8) is 0 Å². The number of benzene rings is 8. The molecule has 0 N–H and O–H groups in total. The van der Waals surface area contributed by atoms with E-state index in [2.05, 4.69) is 178 Å². The summed E-state index contributed by atoms with van der Waals surface area (Å²) in [4.78, 5) is 10.4. The lowest BCUT2D eigenvalue weighted by Crippen LogP contribution is -2.14. The third-order valence-corrected chi connectivity index (χ3v) is 11.1. The van der Waals surface area contributed by atoms with Crippen molar-refractivity contribution in [1.29, 1.82) is 0 Å². The Morgan fingerprint density at radius 2 is 0.943 bits per heavy atom. The fourth-order valence-corrected chi connectivity index (χ4v) is 8.31. The van der Waals surface area contributed by atoms with Crippen molar-refractivity contribution < 1.29 is 0 Å². The zero-order valence-electron chi connectivity index (χ0n) is 29.7. The topological polar surface area (TPSA) is 25.8 Å². The van der Waals surface area contributed by atoms with E-state index < -0.39 is 0 Å². The lowest BCUT2D eigenvalue weighted by molar-refractivity contribution is 0.661. The van der Waals surface area contributed by atoms with E-state index in [1.807, 2.05) is 18.2 Å². The largest absolute Gasteiger partial charge is 0.228 e. The first kappa shape index (κ1) is 31.1. The van der Waals surface area contributed by atoms with E-state index in [1.54, 1.807) is 0 Å². The van der Waals surface area contributed by atoms with E-state index >= 15 is 0 Å². The Labute approximate surface area is 310 Å². The lowest BCUT2D eigenvalue weighted by Gasteiger charge is -2.22. The van der Waals surface area contributed by atoms with Crippen LogP contribution in [0, 0.1) is 0 Å². The van der Waals surface area contributed by atoms with Crippen LogP contribution in [0.4, 0.5) is 0 Å². The average Bonchev–Trinajstić information content (AvgIpc) is 3.45. The van der Waals surface area contributed by atoms with Crippen molar-refractivity contribution in [1.82, 2.24) is 9.97 Å². The molecule has 0 radical (unpaired) electrons. The lowest BCUT2D eigenvalue weighted by atomic mass is 9.81. The molecular weight excluding hydrogens is 641 g/mol. The van der Waals surface area contributed by atoms with Crippen molar-refractivity contribution in [2.75, 3.05) is 0 Å². The van der Waals surface area contributed by atoms with Crippen molar-refractivity contribution >= 4 is 21.5 Å². The summed E-state index contributed by atoms with van der Waals surface area (Å²) in [6.45, 7) is 4.72. The van der Waals surface area contributed by atoms with Gasteiger partial charge < -0.3 is 0 Å². The van der Waals surface area contributed by atoms with Crippen molar-refractivity contribution in [3.8, 4) is 67.3 Å². The number of aromatic nitrogens is 2. The second kappa shape index (κ2) is 12.3. The summed E-state index contributed by atoms with van der Waals surface area (Å²) in [6.07, 6.45) is 0. The van der Waals surface area contributed by atoms with Crippen molar-refractivity contribution in [3.05, 3.63) is 193 Å². The van der Waals surface area contributed by atoms with Gasteiger partial charge in [-0.15, -0.1) is 0 Å². The first-order chi connectivity index (χ1) is 26.0. The molecule has 9 aromatic rings. The molecule has 0 amide bonds. The van der Waals surface area contributed by atoms with Gasteiger partial charge in [-0.2, -0.15) is 0 Å². The van der Waals surface area contributed by atoms with E-state index in [0.29, 0.717) is 5.82 Å². The molecule has 2 heteroatoms. The van der Waals surface area contributed by atoms with Crippen LogP contribution in [-0.2, 0) is 5.41 Å². The molecule has 0 saturated carbocycles. The van der Waals surface area contributed by atoms with Gasteiger partial charge in [-0.1, -0.05) is 166 Å². The Kier molecular flexibility index (Phi) is 7.19. The number of hydrogen-bond donors (Lipinski definition) is 0. The summed E-state index contributed by atoms with van der Waals surface area (Å²) < 4.78 is 0. The van der Waals surface area contributed by atoms with Gasteiger partial charge in [0.15, 0.2) is 5.82 Å². The number of hydrogen-bond acceptors (Lipinski definition) is 2. The number of nitrogens with zero attached hydrogens (tertiary/aromatic N) is 2. The number of rotatable bonds is 5. The highest BCUT2D eigenvalue weighted by molar-refractivity contribution is 6.00. The van der Waals surface area contributed by atoms with Gasteiger partial charge in [-0.3, -0.25) is 0 Å². The number of fused-ring (bicyclic) bond motifs is 5. The monoisotopic (exact) mass is 676 g/mol. The van der Waals surface area contributed by atoms with Crippen LogP contribution in [0.5, 0.6) is 0 Å². The van der Waals surface area contributed by atoms with Gasteiger partial charge in [-0.05, 0) is 96.4 Å². The Morgan fingerprint density at radius 1 is 0.340 bits per heavy atom. The molecule has 1 heterocycles. The second-order valence-corrected chi connectivity index (χ2v) is 14.6. The van der Waals surface area contributed by atoms with E-state index in [0.717, 1.165) is 39.2 Å². The zero-order valence-corrected chi connectivity index (χ0v) is 29.7. The highest BCUT2D eigenvalue weighted by Crippen LogP contribution is 2.53. The van der Waals surface area contributed by atoms with E-state index in [4.69, 9.17) is 9.97 Å². The predicted octanol–water partition coefficient (Wildman–Crippen LogP) is 13.4. The predicted molar refractivity (Wildman–Crippen MR) is 222 cm³/mol. The van der Waals surface area contributed by atoms with E-state index in [1.165, 1.54) is 54.9 Å². The van der Waals surface area contributed by atoms with Crippen molar-refractivity contribution in [2.45, 2.75) is 19.3 Å². The van der Waals surface area contributed by atoms with Crippen molar-refractivity contribution in [2.24, 2.45) is 0 Å². The Morgan fingerprint density at radius 3 is 1.72 bits per heavy atom. The minimum Gasteiger partial charge on any atom is -0.228 e. The molecule has 0 unspecified atom stereocenters. The quantitative estimate of drug-likeness (QED) is 0.181. The molecule has 1 aliphatic carbocycles. The first-order valence-electron chi connectivity index (χ1n) is 18.3. The molecule has 0 spiro atoms. The van der Waals surface area contributed by atoms with Gasteiger partial charge in [0.1, 0.15) is 0 Å². The molecule has 0 saturated heterocycles. The highest BCUT2D eigenvalue weighted by Gasteiger charge is 2.37. The molecule has 1 aliphatic rings. The molecule has 0 bridgehead atoms. The summed E-state index contributed by atoms with van der Waals surface area (Å²) in [5, 5.41) is 4.95. The summed E-state index contributed by atoms with van der Waals surface area (Å²) >= 11 is 0. The third-order valence-electron chi connectivity index (χ3n) is 11.1. The van der Waals surface area contributed by atoms with Gasteiger partial charge in [0.05, 0.1) is 11.4 Å². The molecule has 10 rings (SSSR count). The van der Waals surface area contributed by atoms with Gasteiger partial charge >= 0.3 is 0 Å². The van der Waals surface area contributed by atoms with Crippen LogP contribution in [0.25, 0.3) is 88.8 Å². The maximum atomic E-state index is 5.19.